The number of nitrogens with zero attached hydrogens (tertiary/aromatic N) is 2. The molecule has 1 N–H and O–H groups in total. The van der Waals surface area contributed by atoms with Gasteiger partial charge in [-0.05, 0) is 25.7 Å². The summed E-state index contributed by atoms with van der Waals surface area (Å²) in [5.41, 5.74) is -0.185. The number of aliphatic hydroxyl groups excluding tert-OH is 1. The maximum absolute atomic E-state index is 12.4. The SMILES string of the molecule is CS(=O)(=O)N1CCOCC2(CCN(C(=O)C3CC(O)C3)CC2)C1. The molecule has 1 saturated carbocycles. The summed E-state index contributed by atoms with van der Waals surface area (Å²) in [6, 6.07) is 0. The molecule has 3 aliphatic rings. The van der Waals surface area contributed by atoms with Crippen LogP contribution in [0.2, 0.25) is 0 Å². The zero-order valence-corrected chi connectivity index (χ0v) is 14.4. The van der Waals surface area contributed by atoms with Crippen LogP contribution < -0.4 is 0 Å². The molecule has 0 aromatic rings. The molecule has 3 fully saturated rings. The standard InChI is InChI=1S/C15H26N2O5S/c1-23(20,21)17-6-7-22-11-15(10-17)2-4-16(5-3-15)14(19)12-8-13(18)9-12/h12-13,18H,2-11H2,1H3. The Hall–Kier alpha value is -0.700. The van der Waals surface area contributed by atoms with Crippen molar-refractivity contribution in [3.05, 3.63) is 0 Å². The summed E-state index contributed by atoms with van der Waals surface area (Å²) < 4.78 is 30.9. The molecule has 2 saturated heterocycles. The predicted octanol–water partition coefficient (Wildman–Crippen LogP) is -0.342. The molecule has 2 heterocycles. The van der Waals surface area contributed by atoms with E-state index in [4.69, 9.17) is 4.74 Å². The van der Waals surface area contributed by atoms with Gasteiger partial charge in [0.15, 0.2) is 0 Å². The van der Waals surface area contributed by atoms with Crippen molar-refractivity contribution >= 4 is 15.9 Å². The monoisotopic (exact) mass is 346 g/mol. The summed E-state index contributed by atoms with van der Waals surface area (Å²) in [4.78, 5) is 14.2. The molecule has 3 rings (SSSR count). The molecule has 1 spiro atoms. The predicted molar refractivity (Wildman–Crippen MR) is 84.2 cm³/mol. The van der Waals surface area contributed by atoms with Crippen molar-refractivity contribution in [3.63, 3.8) is 0 Å². The zero-order valence-electron chi connectivity index (χ0n) is 13.6. The van der Waals surface area contributed by atoms with Gasteiger partial charge >= 0.3 is 0 Å². The number of aliphatic hydroxyl groups is 1. The fourth-order valence-corrected chi connectivity index (χ4v) is 4.70. The molecule has 2 aliphatic heterocycles. The molecule has 0 aromatic carbocycles. The lowest BCUT2D eigenvalue weighted by Crippen LogP contribution is -2.52. The van der Waals surface area contributed by atoms with Crippen LogP contribution in [0.3, 0.4) is 0 Å². The lowest BCUT2D eigenvalue weighted by molar-refractivity contribution is -0.145. The number of hydrogen-bond donors (Lipinski definition) is 1. The Bertz CT molecular complexity index is 550. The van der Waals surface area contributed by atoms with E-state index >= 15 is 0 Å². The first-order chi connectivity index (χ1) is 10.8. The van der Waals surface area contributed by atoms with Gasteiger partial charge in [0.05, 0.1) is 25.6 Å². The summed E-state index contributed by atoms with van der Waals surface area (Å²) in [5.74, 6) is 0.108. The van der Waals surface area contributed by atoms with Gasteiger partial charge in [-0.1, -0.05) is 0 Å². The van der Waals surface area contributed by atoms with Crippen LogP contribution in [0.4, 0.5) is 0 Å². The first-order valence-corrected chi connectivity index (χ1v) is 10.1. The maximum Gasteiger partial charge on any atom is 0.225 e. The zero-order chi connectivity index (χ0) is 16.7. The second kappa shape index (κ2) is 6.31. The van der Waals surface area contributed by atoms with Crippen LogP contribution in [0.25, 0.3) is 0 Å². The summed E-state index contributed by atoms with van der Waals surface area (Å²) in [6.07, 6.45) is 3.60. The number of amides is 1. The van der Waals surface area contributed by atoms with Crippen molar-refractivity contribution in [2.45, 2.75) is 31.8 Å². The highest BCUT2D eigenvalue weighted by Gasteiger charge is 2.43. The van der Waals surface area contributed by atoms with E-state index in [9.17, 15) is 18.3 Å². The van der Waals surface area contributed by atoms with Crippen molar-refractivity contribution < 1.29 is 23.1 Å². The van der Waals surface area contributed by atoms with Crippen LogP contribution in [0.1, 0.15) is 25.7 Å². The van der Waals surface area contributed by atoms with E-state index in [1.165, 1.54) is 10.6 Å². The highest BCUT2D eigenvalue weighted by atomic mass is 32.2. The number of hydrogen-bond acceptors (Lipinski definition) is 5. The van der Waals surface area contributed by atoms with Crippen LogP contribution in [0.15, 0.2) is 0 Å². The van der Waals surface area contributed by atoms with Crippen LogP contribution >= 0.6 is 0 Å². The van der Waals surface area contributed by atoms with Gasteiger partial charge in [0.25, 0.3) is 0 Å². The lowest BCUT2D eigenvalue weighted by Gasteiger charge is -2.44. The topological polar surface area (TPSA) is 87.2 Å². The average molecular weight is 346 g/mol. The summed E-state index contributed by atoms with van der Waals surface area (Å²) in [6.45, 7) is 3.17. The Morgan fingerprint density at radius 1 is 1.22 bits per heavy atom. The van der Waals surface area contributed by atoms with Gasteiger partial charge in [-0.25, -0.2) is 8.42 Å². The number of ether oxygens (including phenoxy) is 1. The molecule has 0 aromatic heterocycles. The summed E-state index contributed by atoms with van der Waals surface area (Å²) in [7, 11) is -3.22. The highest BCUT2D eigenvalue weighted by molar-refractivity contribution is 7.88. The second-order valence-corrected chi connectivity index (χ2v) is 9.28. The quantitative estimate of drug-likeness (QED) is 0.739. The summed E-state index contributed by atoms with van der Waals surface area (Å²) >= 11 is 0. The Morgan fingerprint density at radius 2 is 1.87 bits per heavy atom. The van der Waals surface area contributed by atoms with Gasteiger partial charge < -0.3 is 14.7 Å². The van der Waals surface area contributed by atoms with Crippen LogP contribution in [0.5, 0.6) is 0 Å². The number of piperidine rings is 1. The van der Waals surface area contributed by atoms with Gasteiger partial charge in [-0.15, -0.1) is 0 Å². The van der Waals surface area contributed by atoms with Crippen molar-refractivity contribution in [1.29, 1.82) is 0 Å². The third-order valence-electron chi connectivity index (χ3n) is 5.47. The number of rotatable bonds is 2. The van der Waals surface area contributed by atoms with E-state index in [0.29, 0.717) is 52.2 Å². The van der Waals surface area contributed by atoms with E-state index in [-0.39, 0.29) is 23.3 Å². The average Bonchev–Trinajstić information content (AvgIpc) is 2.67. The number of likely N-dealkylation sites (tertiary alicyclic amines) is 1. The Kier molecular flexibility index (Phi) is 4.70. The number of carbonyl (C=O) groups is 1. The van der Waals surface area contributed by atoms with Gasteiger partial charge in [0.1, 0.15) is 0 Å². The van der Waals surface area contributed by atoms with Crippen LogP contribution in [-0.2, 0) is 19.6 Å². The molecule has 0 unspecified atom stereocenters. The van der Waals surface area contributed by atoms with E-state index < -0.39 is 10.0 Å². The van der Waals surface area contributed by atoms with Crippen molar-refractivity contribution in [2.75, 3.05) is 45.6 Å². The first-order valence-electron chi connectivity index (χ1n) is 8.29. The van der Waals surface area contributed by atoms with Crippen LogP contribution in [-0.4, -0.2) is 80.4 Å². The second-order valence-electron chi connectivity index (χ2n) is 7.30. The van der Waals surface area contributed by atoms with Gasteiger partial charge in [-0.2, -0.15) is 4.31 Å². The summed E-state index contributed by atoms with van der Waals surface area (Å²) in [5, 5.41) is 9.35. The molecule has 1 amide bonds. The fraction of sp³-hybridized carbons (Fsp3) is 0.933. The first kappa shape index (κ1) is 17.1. The van der Waals surface area contributed by atoms with E-state index in [0.717, 1.165) is 12.8 Å². The minimum absolute atomic E-state index is 0.0306. The molecule has 0 atom stereocenters. The molecule has 0 bridgehead atoms. The Morgan fingerprint density at radius 3 is 2.43 bits per heavy atom. The van der Waals surface area contributed by atoms with Gasteiger partial charge in [-0.3, -0.25) is 4.79 Å². The minimum atomic E-state index is -3.22. The molecule has 0 radical (unpaired) electrons. The fourth-order valence-electron chi connectivity index (χ4n) is 3.79. The van der Waals surface area contributed by atoms with Gasteiger partial charge in [0.2, 0.25) is 15.9 Å². The lowest BCUT2D eigenvalue weighted by atomic mass is 9.77. The normalized spacial score (nSPS) is 32.3. The molecule has 1 aliphatic carbocycles. The van der Waals surface area contributed by atoms with E-state index in [1.54, 1.807) is 0 Å². The Balaban J connectivity index is 1.61. The largest absolute Gasteiger partial charge is 0.393 e. The van der Waals surface area contributed by atoms with Crippen molar-refractivity contribution in [1.82, 2.24) is 9.21 Å². The third-order valence-corrected chi connectivity index (χ3v) is 6.72. The molecule has 8 heteroatoms. The molecule has 7 nitrogen and oxygen atoms in total. The number of carbonyl (C=O) groups excluding carboxylic acids is 1. The highest BCUT2D eigenvalue weighted by Crippen LogP contribution is 2.37. The van der Waals surface area contributed by atoms with Crippen LogP contribution in [0, 0.1) is 11.3 Å². The minimum Gasteiger partial charge on any atom is -0.393 e. The molecular weight excluding hydrogens is 320 g/mol. The number of sulfonamides is 1. The third kappa shape index (κ3) is 3.70. The maximum atomic E-state index is 12.4. The van der Waals surface area contributed by atoms with Gasteiger partial charge in [0, 0.05) is 37.5 Å². The van der Waals surface area contributed by atoms with E-state index in [1.807, 2.05) is 4.90 Å². The smallest absolute Gasteiger partial charge is 0.225 e. The molecule has 132 valence electrons. The Labute approximate surface area is 137 Å². The van der Waals surface area contributed by atoms with Crippen molar-refractivity contribution in [2.24, 2.45) is 11.3 Å². The molecular formula is C15H26N2O5S. The van der Waals surface area contributed by atoms with E-state index in [2.05, 4.69) is 0 Å². The van der Waals surface area contributed by atoms with Crippen molar-refractivity contribution in [3.8, 4) is 0 Å². The molecule has 23 heavy (non-hydrogen) atoms.